The van der Waals surface area contributed by atoms with Gasteiger partial charge in [0.15, 0.2) is 5.57 Å². The number of nitrogens with zero attached hydrogens (tertiary/aromatic N) is 3. The molecule has 0 saturated carbocycles. The zero-order valence-corrected chi connectivity index (χ0v) is 13.7. The molecule has 0 spiro atoms. The van der Waals surface area contributed by atoms with E-state index in [9.17, 15) is 10.1 Å². The molecule has 0 aliphatic carbocycles. The lowest BCUT2D eigenvalue weighted by molar-refractivity contribution is 0.0600. The number of allylic oxidation sites excluding steroid dienone is 2. The average Bonchev–Trinajstić information content (AvgIpc) is 3.15. The van der Waals surface area contributed by atoms with Crippen LogP contribution in [0.15, 0.2) is 57.7 Å². The lowest BCUT2D eigenvalue weighted by Gasteiger charge is -2.01. The molecule has 0 bridgehead atoms. The van der Waals surface area contributed by atoms with Crippen molar-refractivity contribution in [2.45, 2.75) is 0 Å². The minimum atomic E-state index is -0.439. The molecular formula is C19H12N4O3. The first kappa shape index (κ1) is 18.1. The number of methoxy groups -OCH3 is 1. The standard InChI is InChI=1S/C19H12N4O3/c1-25-19(24)13-4-2-12(3-5-13)17-7-6-16(26-17)8-14(9-20)18(23)15(10-21)11-22/h2-8H,23H2,1H3. The molecule has 0 amide bonds. The maximum atomic E-state index is 11.4. The van der Waals surface area contributed by atoms with E-state index in [1.54, 1.807) is 48.5 Å². The third-order valence-corrected chi connectivity index (χ3v) is 3.41. The van der Waals surface area contributed by atoms with Crippen LogP contribution in [-0.2, 0) is 4.74 Å². The molecule has 0 aliphatic heterocycles. The Bertz CT molecular complexity index is 1010. The molecular weight excluding hydrogens is 332 g/mol. The van der Waals surface area contributed by atoms with Gasteiger partial charge in [0.25, 0.3) is 0 Å². The Morgan fingerprint density at radius 3 is 2.27 bits per heavy atom. The average molecular weight is 344 g/mol. The topological polar surface area (TPSA) is 137 Å². The predicted octanol–water partition coefficient (Wildman–Crippen LogP) is 2.90. The van der Waals surface area contributed by atoms with E-state index in [0.717, 1.165) is 0 Å². The van der Waals surface area contributed by atoms with E-state index in [-0.39, 0.29) is 16.8 Å². The minimum absolute atomic E-state index is 0.0509. The number of benzene rings is 1. The SMILES string of the molecule is COC(=O)c1ccc(-c2ccc(C=C(C#N)C(N)=C(C#N)C#N)o2)cc1. The molecule has 2 N–H and O–H groups in total. The lowest BCUT2D eigenvalue weighted by Crippen LogP contribution is -2.03. The summed E-state index contributed by atoms with van der Waals surface area (Å²) in [6, 6.07) is 15.0. The molecule has 26 heavy (non-hydrogen) atoms. The van der Waals surface area contributed by atoms with Gasteiger partial charge in [0, 0.05) is 11.6 Å². The molecule has 7 nitrogen and oxygen atoms in total. The molecule has 2 rings (SSSR count). The van der Waals surface area contributed by atoms with Gasteiger partial charge in [-0.1, -0.05) is 12.1 Å². The highest BCUT2D eigenvalue weighted by molar-refractivity contribution is 5.89. The van der Waals surface area contributed by atoms with Crippen LogP contribution in [0.1, 0.15) is 16.1 Å². The first-order valence-electron chi connectivity index (χ1n) is 7.24. The van der Waals surface area contributed by atoms with Gasteiger partial charge in [0.2, 0.25) is 0 Å². The van der Waals surface area contributed by atoms with E-state index in [2.05, 4.69) is 4.74 Å². The first-order valence-corrected chi connectivity index (χ1v) is 7.24. The van der Waals surface area contributed by atoms with Crippen molar-refractivity contribution in [1.82, 2.24) is 0 Å². The zero-order valence-electron chi connectivity index (χ0n) is 13.7. The third kappa shape index (κ3) is 3.79. The fourth-order valence-corrected chi connectivity index (χ4v) is 2.07. The maximum Gasteiger partial charge on any atom is 0.337 e. The van der Waals surface area contributed by atoms with E-state index in [1.165, 1.54) is 13.2 Å². The van der Waals surface area contributed by atoms with Crippen LogP contribution in [0, 0.1) is 34.0 Å². The Hall–Kier alpha value is -4.28. The second-order valence-electron chi connectivity index (χ2n) is 4.95. The van der Waals surface area contributed by atoms with Crippen molar-refractivity contribution in [3.8, 4) is 29.5 Å². The normalized spacial score (nSPS) is 10.2. The molecule has 126 valence electrons. The molecule has 1 aromatic heterocycles. The molecule has 7 heteroatoms. The van der Waals surface area contributed by atoms with Gasteiger partial charge in [-0.2, -0.15) is 15.8 Å². The van der Waals surface area contributed by atoms with Crippen LogP contribution < -0.4 is 5.73 Å². The highest BCUT2D eigenvalue weighted by Gasteiger charge is 2.11. The van der Waals surface area contributed by atoms with Crippen molar-refractivity contribution < 1.29 is 13.9 Å². The van der Waals surface area contributed by atoms with Gasteiger partial charge in [0.05, 0.1) is 23.9 Å². The van der Waals surface area contributed by atoms with Gasteiger partial charge >= 0.3 is 5.97 Å². The van der Waals surface area contributed by atoms with Crippen molar-refractivity contribution in [2.24, 2.45) is 5.73 Å². The van der Waals surface area contributed by atoms with Crippen molar-refractivity contribution in [2.75, 3.05) is 7.11 Å². The molecule has 0 saturated heterocycles. The van der Waals surface area contributed by atoms with Crippen LogP contribution >= 0.6 is 0 Å². The van der Waals surface area contributed by atoms with Gasteiger partial charge in [-0.15, -0.1) is 0 Å². The van der Waals surface area contributed by atoms with E-state index < -0.39 is 5.97 Å². The Morgan fingerprint density at radius 2 is 1.73 bits per heavy atom. The molecule has 0 radical (unpaired) electrons. The highest BCUT2D eigenvalue weighted by atomic mass is 16.5. The number of furan rings is 1. The number of nitriles is 3. The zero-order chi connectivity index (χ0) is 19.1. The predicted molar refractivity (Wildman–Crippen MR) is 91.5 cm³/mol. The number of hydrogen-bond acceptors (Lipinski definition) is 7. The number of carbonyl (C=O) groups is 1. The van der Waals surface area contributed by atoms with Crippen molar-refractivity contribution in [3.05, 3.63) is 64.6 Å². The lowest BCUT2D eigenvalue weighted by atomic mass is 10.1. The Balaban J connectivity index is 2.34. The molecule has 0 atom stereocenters. The van der Waals surface area contributed by atoms with Crippen LogP contribution in [0.2, 0.25) is 0 Å². The minimum Gasteiger partial charge on any atom is -0.465 e. The number of carbonyl (C=O) groups excluding carboxylic acids is 1. The monoisotopic (exact) mass is 344 g/mol. The molecule has 2 aromatic rings. The second kappa shape index (κ2) is 8.01. The summed E-state index contributed by atoms with van der Waals surface area (Å²) in [7, 11) is 1.30. The van der Waals surface area contributed by atoms with E-state index in [0.29, 0.717) is 22.6 Å². The van der Waals surface area contributed by atoms with E-state index >= 15 is 0 Å². The fourth-order valence-electron chi connectivity index (χ4n) is 2.07. The van der Waals surface area contributed by atoms with Gasteiger partial charge in [0.1, 0.15) is 29.7 Å². The van der Waals surface area contributed by atoms with Crippen molar-refractivity contribution in [1.29, 1.82) is 15.8 Å². The number of esters is 1. The van der Waals surface area contributed by atoms with Crippen molar-refractivity contribution >= 4 is 12.0 Å². The second-order valence-corrected chi connectivity index (χ2v) is 4.95. The smallest absolute Gasteiger partial charge is 0.337 e. The summed E-state index contributed by atoms with van der Waals surface area (Å²) in [6.07, 6.45) is 1.34. The van der Waals surface area contributed by atoms with Gasteiger partial charge < -0.3 is 14.9 Å². The number of rotatable bonds is 4. The van der Waals surface area contributed by atoms with Crippen LogP contribution in [-0.4, -0.2) is 13.1 Å². The van der Waals surface area contributed by atoms with Gasteiger partial charge in [-0.05, 0) is 24.3 Å². The Labute approximate surface area is 149 Å². The van der Waals surface area contributed by atoms with Crippen LogP contribution in [0.4, 0.5) is 0 Å². The van der Waals surface area contributed by atoms with Crippen LogP contribution in [0.5, 0.6) is 0 Å². The largest absolute Gasteiger partial charge is 0.465 e. The van der Waals surface area contributed by atoms with Gasteiger partial charge in [-0.3, -0.25) is 0 Å². The maximum absolute atomic E-state index is 11.4. The van der Waals surface area contributed by atoms with E-state index in [4.69, 9.17) is 20.7 Å². The number of nitrogens with two attached hydrogens (primary N) is 1. The molecule has 1 heterocycles. The van der Waals surface area contributed by atoms with Gasteiger partial charge in [-0.25, -0.2) is 4.79 Å². The van der Waals surface area contributed by atoms with Crippen LogP contribution in [0.25, 0.3) is 17.4 Å². The number of hydrogen-bond donors (Lipinski definition) is 1. The summed E-state index contributed by atoms with van der Waals surface area (Å²) in [4.78, 5) is 11.4. The summed E-state index contributed by atoms with van der Waals surface area (Å²) in [5.74, 6) is 0.395. The van der Waals surface area contributed by atoms with Crippen LogP contribution in [0.3, 0.4) is 0 Å². The summed E-state index contributed by atoms with van der Waals surface area (Å²) in [5.41, 5.74) is 6.20. The number of ether oxygens (including phenoxy) is 1. The third-order valence-electron chi connectivity index (χ3n) is 3.41. The van der Waals surface area contributed by atoms with Crippen molar-refractivity contribution in [3.63, 3.8) is 0 Å². The highest BCUT2D eigenvalue weighted by Crippen LogP contribution is 2.24. The first-order chi connectivity index (χ1) is 12.5. The summed E-state index contributed by atoms with van der Waals surface area (Å²) >= 11 is 0. The quantitative estimate of drug-likeness (QED) is 0.511. The summed E-state index contributed by atoms with van der Waals surface area (Å²) in [6.45, 7) is 0. The Kier molecular flexibility index (Phi) is 5.56. The molecule has 1 aromatic carbocycles. The molecule has 0 fully saturated rings. The summed E-state index contributed by atoms with van der Waals surface area (Å²) < 4.78 is 10.3. The van der Waals surface area contributed by atoms with E-state index in [1.807, 2.05) is 6.07 Å². The molecule has 0 aliphatic rings. The Morgan fingerprint density at radius 1 is 1.08 bits per heavy atom. The summed E-state index contributed by atoms with van der Waals surface area (Å²) in [5, 5.41) is 26.9. The molecule has 0 unspecified atom stereocenters. The fraction of sp³-hybridized carbons (Fsp3) is 0.0526.